The quantitative estimate of drug-likeness (QED) is 0.820. The molecule has 0 N–H and O–H groups in total. The van der Waals surface area contributed by atoms with Gasteiger partial charge in [0.25, 0.3) is 0 Å². The van der Waals surface area contributed by atoms with Crippen molar-refractivity contribution in [3.63, 3.8) is 0 Å². The van der Waals surface area contributed by atoms with E-state index < -0.39 is 0 Å². The summed E-state index contributed by atoms with van der Waals surface area (Å²) in [6.07, 6.45) is 3.25. The lowest BCUT2D eigenvalue weighted by atomic mass is 10.1. The fourth-order valence-corrected chi connectivity index (χ4v) is 2.27. The summed E-state index contributed by atoms with van der Waals surface area (Å²) in [7, 11) is 0. The maximum absolute atomic E-state index is 5.88. The monoisotopic (exact) mass is 251 g/mol. The molecule has 0 aliphatic carbocycles. The number of hydrogen-bond donors (Lipinski definition) is 0. The van der Waals surface area contributed by atoms with Gasteiger partial charge in [-0.15, -0.1) is 0 Å². The fourth-order valence-electron chi connectivity index (χ4n) is 2.27. The molecule has 0 amide bonds. The molecule has 0 unspecified atom stereocenters. The summed E-state index contributed by atoms with van der Waals surface area (Å²) in [5.41, 5.74) is 2.50. The summed E-state index contributed by atoms with van der Waals surface area (Å²) in [5, 5.41) is 2.27. The van der Waals surface area contributed by atoms with E-state index in [2.05, 4.69) is 36.2 Å². The Balaban J connectivity index is 1.80. The lowest BCUT2D eigenvalue weighted by Gasteiger charge is -2.09. The second kappa shape index (κ2) is 5.27. The Labute approximate surface area is 113 Å². The van der Waals surface area contributed by atoms with E-state index in [1.54, 1.807) is 0 Å². The zero-order chi connectivity index (χ0) is 13.1. The summed E-state index contributed by atoms with van der Waals surface area (Å²) in [6.45, 7) is 3.62. The highest BCUT2D eigenvalue weighted by Crippen LogP contribution is 2.12. The lowest BCUT2D eigenvalue weighted by Crippen LogP contribution is -2.27. The largest absolute Gasteiger partial charge is 0.489 e. The molecule has 96 valence electrons. The van der Waals surface area contributed by atoms with Crippen LogP contribution < -0.4 is 15.3 Å². The van der Waals surface area contributed by atoms with Crippen LogP contribution in [-0.2, 0) is 6.61 Å². The molecule has 0 atom stereocenters. The maximum atomic E-state index is 5.88. The molecular weight excluding hydrogens is 234 g/mol. The first-order valence-corrected chi connectivity index (χ1v) is 6.65. The molecule has 3 rings (SSSR count). The Morgan fingerprint density at radius 1 is 1.16 bits per heavy atom. The number of nitrogens with zero attached hydrogens (tertiary/aromatic N) is 1. The van der Waals surface area contributed by atoms with E-state index in [-0.39, 0.29) is 0 Å². The molecule has 1 heterocycles. The van der Waals surface area contributed by atoms with Crippen molar-refractivity contribution < 1.29 is 4.74 Å². The van der Waals surface area contributed by atoms with Gasteiger partial charge in [0, 0.05) is 6.54 Å². The minimum atomic E-state index is 0.614. The average molecular weight is 251 g/mol. The molecule has 2 heteroatoms. The SMILES string of the molecule is Cc1ccccc1COc1ccc2c(c1)=CCCN=2. The van der Waals surface area contributed by atoms with Crippen molar-refractivity contribution >= 4 is 6.08 Å². The molecule has 1 aliphatic rings. The predicted octanol–water partition coefficient (Wildman–Crippen LogP) is 2.38. The fraction of sp³-hybridized carbons (Fsp3) is 0.235. The molecule has 0 radical (unpaired) electrons. The molecule has 2 aromatic carbocycles. The molecule has 19 heavy (non-hydrogen) atoms. The minimum Gasteiger partial charge on any atom is -0.489 e. The standard InChI is InChI=1S/C17H17NO/c1-13-5-2-3-6-15(13)12-19-16-8-9-17-14(11-16)7-4-10-18-17/h2-3,5-9,11H,4,10,12H2,1H3. The molecule has 1 aliphatic heterocycles. The summed E-state index contributed by atoms with van der Waals surface area (Å²) < 4.78 is 5.88. The lowest BCUT2D eigenvalue weighted by molar-refractivity contribution is 0.305. The van der Waals surface area contributed by atoms with Gasteiger partial charge in [-0.3, -0.25) is 4.99 Å². The van der Waals surface area contributed by atoms with Crippen molar-refractivity contribution in [1.82, 2.24) is 0 Å². The van der Waals surface area contributed by atoms with Gasteiger partial charge in [0.2, 0.25) is 0 Å². The van der Waals surface area contributed by atoms with Crippen LogP contribution in [0, 0.1) is 6.92 Å². The molecule has 0 spiro atoms. The number of benzene rings is 2. The van der Waals surface area contributed by atoms with E-state index >= 15 is 0 Å². The molecule has 2 nitrogen and oxygen atoms in total. The van der Waals surface area contributed by atoms with Gasteiger partial charge in [0.15, 0.2) is 0 Å². The van der Waals surface area contributed by atoms with Gasteiger partial charge in [-0.25, -0.2) is 0 Å². The van der Waals surface area contributed by atoms with Gasteiger partial charge in [-0.1, -0.05) is 30.3 Å². The van der Waals surface area contributed by atoms with Crippen LogP contribution >= 0.6 is 0 Å². The van der Waals surface area contributed by atoms with Crippen molar-refractivity contribution in [3.8, 4) is 5.75 Å². The van der Waals surface area contributed by atoms with Gasteiger partial charge < -0.3 is 4.74 Å². The van der Waals surface area contributed by atoms with Crippen molar-refractivity contribution in [1.29, 1.82) is 0 Å². The molecule has 0 fully saturated rings. The van der Waals surface area contributed by atoms with Crippen LogP contribution in [-0.4, -0.2) is 6.54 Å². The summed E-state index contributed by atoms with van der Waals surface area (Å²) in [4.78, 5) is 4.48. The van der Waals surface area contributed by atoms with Crippen molar-refractivity contribution in [2.24, 2.45) is 4.99 Å². The van der Waals surface area contributed by atoms with Crippen molar-refractivity contribution in [2.75, 3.05) is 6.54 Å². The first-order valence-electron chi connectivity index (χ1n) is 6.65. The number of ether oxygens (including phenoxy) is 1. The normalized spacial score (nSPS) is 13.1. The van der Waals surface area contributed by atoms with E-state index in [9.17, 15) is 0 Å². The topological polar surface area (TPSA) is 21.6 Å². The van der Waals surface area contributed by atoms with Gasteiger partial charge in [0.05, 0.1) is 5.36 Å². The highest BCUT2D eigenvalue weighted by Gasteiger charge is 2.01. The van der Waals surface area contributed by atoms with Crippen LogP contribution in [0.2, 0.25) is 0 Å². The molecule has 0 bridgehead atoms. The van der Waals surface area contributed by atoms with E-state index in [1.807, 2.05) is 24.3 Å². The second-order valence-corrected chi connectivity index (χ2v) is 4.81. The second-order valence-electron chi connectivity index (χ2n) is 4.81. The smallest absolute Gasteiger partial charge is 0.120 e. The molecule has 0 aromatic heterocycles. The molecule has 2 aromatic rings. The van der Waals surface area contributed by atoms with E-state index in [4.69, 9.17) is 4.74 Å². The summed E-state index contributed by atoms with van der Waals surface area (Å²) in [5.74, 6) is 0.912. The zero-order valence-corrected chi connectivity index (χ0v) is 11.1. The van der Waals surface area contributed by atoms with Gasteiger partial charge >= 0.3 is 0 Å². The Hall–Kier alpha value is -2.09. The first-order chi connectivity index (χ1) is 9.33. The molecule has 0 saturated carbocycles. The van der Waals surface area contributed by atoms with Crippen LogP contribution in [0.4, 0.5) is 0 Å². The number of hydrogen-bond acceptors (Lipinski definition) is 2. The Morgan fingerprint density at radius 2 is 2.05 bits per heavy atom. The van der Waals surface area contributed by atoms with Crippen molar-refractivity contribution in [2.45, 2.75) is 20.0 Å². The third-order valence-corrected chi connectivity index (χ3v) is 3.43. The van der Waals surface area contributed by atoms with Gasteiger partial charge in [-0.05, 0) is 47.9 Å². The number of aryl methyl sites for hydroxylation is 1. The van der Waals surface area contributed by atoms with Gasteiger partial charge in [0.1, 0.15) is 12.4 Å². The van der Waals surface area contributed by atoms with E-state index in [1.165, 1.54) is 16.3 Å². The Bertz CT molecular complexity index is 703. The van der Waals surface area contributed by atoms with Crippen LogP contribution in [0.15, 0.2) is 47.5 Å². The predicted molar refractivity (Wildman–Crippen MR) is 76.7 cm³/mol. The highest BCUT2D eigenvalue weighted by molar-refractivity contribution is 5.32. The Morgan fingerprint density at radius 3 is 2.95 bits per heavy atom. The Kier molecular flexibility index (Phi) is 3.32. The number of fused-ring (bicyclic) bond motifs is 1. The number of rotatable bonds is 3. The zero-order valence-electron chi connectivity index (χ0n) is 11.1. The van der Waals surface area contributed by atoms with E-state index in [0.29, 0.717) is 6.61 Å². The van der Waals surface area contributed by atoms with Crippen LogP contribution in [0.5, 0.6) is 5.75 Å². The highest BCUT2D eigenvalue weighted by atomic mass is 16.5. The molecule has 0 saturated heterocycles. The van der Waals surface area contributed by atoms with Crippen LogP contribution in [0.25, 0.3) is 6.08 Å². The average Bonchev–Trinajstić information content (AvgIpc) is 2.46. The summed E-state index contributed by atoms with van der Waals surface area (Å²) in [6, 6.07) is 14.4. The van der Waals surface area contributed by atoms with Crippen LogP contribution in [0.1, 0.15) is 17.5 Å². The van der Waals surface area contributed by atoms with Gasteiger partial charge in [-0.2, -0.15) is 0 Å². The van der Waals surface area contributed by atoms with Crippen molar-refractivity contribution in [3.05, 3.63) is 64.2 Å². The first kappa shape index (κ1) is 12.0. The third kappa shape index (κ3) is 2.68. The maximum Gasteiger partial charge on any atom is 0.120 e. The third-order valence-electron chi connectivity index (χ3n) is 3.43. The van der Waals surface area contributed by atoms with E-state index in [0.717, 1.165) is 24.1 Å². The molecular formula is C17H17NO. The summed E-state index contributed by atoms with van der Waals surface area (Å²) >= 11 is 0. The minimum absolute atomic E-state index is 0.614. The van der Waals surface area contributed by atoms with Crippen LogP contribution in [0.3, 0.4) is 0 Å².